The third-order valence-electron chi connectivity index (χ3n) is 4.55. The van der Waals surface area contributed by atoms with E-state index >= 15 is 0 Å². The van der Waals surface area contributed by atoms with Gasteiger partial charge in [0, 0.05) is 18.5 Å². The van der Waals surface area contributed by atoms with Crippen molar-refractivity contribution in [1.82, 2.24) is 4.90 Å². The van der Waals surface area contributed by atoms with E-state index in [-0.39, 0.29) is 11.5 Å². The van der Waals surface area contributed by atoms with Crippen molar-refractivity contribution in [3.05, 3.63) is 33.8 Å². The van der Waals surface area contributed by atoms with Crippen LogP contribution in [-0.4, -0.2) is 41.7 Å². The van der Waals surface area contributed by atoms with Crippen LogP contribution in [0.5, 0.6) is 0 Å². The first kappa shape index (κ1) is 20.7. The Kier molecular flexibility index (Phi) is 6.97. The van der Waals surface area contributed by atoms with E-state index in [1.54, 1.807) is 0 Å². The van der Waals surface area contributed by atoms with Crippen LogP contribution in [0.3, 0.4) is 0 Å². The molecule has 0 aliphatic carbocycles. The largest absolute Gasteiger partial charge is 0.444 e. The van der Waals surface area contributed by atoms with E-state index in [4.69, 9.17) is 27.9 Å². The smallest absolute Gasteiger partial charge is 0.410 e. The monoisotopic (exact) mass is 403 g/mol. The van der Waals surface area contributed by atoms with Gasteiger partial charge >= 0.3 is 6.09 Å². The van der Waals surface area contributed by atoms with Gasteiger partial charge < -0.3 is 9.64 Å². The SMILES string of the molecule is CSCCC1(c2ccc(Cl)c(Cl)c2)CCCN(C(=O)OC(C)(C)C)C1. The minimum absolute atomic E-state index is 0.105. The van der Waals surface area contributed by atoms with E-state index < -0.39 is 5.60 Å². The van der Waals surface area contributed by atoms with Gasteiger partial charge in [0.25, 0.3) is 0 Å². The summed E-state index contributed by atoms with van der Waals surface area (Å²) >= 11 is 14.2. The van der Waals surface area contributed by atoms with Crippen LogP contribution in [0.4, 0.5) is 4.79 Å². The number of hydrogen-bond donors (Lipinski definition) is 0. The van der Waals surface area contributed by atoms with Gasteiger partial charge in [0.15, 0.2) is 0 Å². The zero-order valence-corrected chi connectivity index (χ0v) is 17.7. The summed E-state index contributed by atoms with van der Waals surface area (Å²) < 4.78 is 5.59. The molecule has 0 aromatic heterocycles. The van der Waals surface area contributed by atoms with Crippen molar-refractivity contribution in [2.45, 2.75) is 51.0 Å². The summed E-state index contributed by atoms with van der Waals surface area (Å²) in [6.07, 6.45) is 4.85. The van der Waals surface area contributed by atoms with E-state index in [1.165, 1.54) is 0 Å². The summed E-state index contributed by atoms with van der Waals surface area (Å²) in [6.45, 7) is 7.08. The van der Waals surface area contributed by atoms with Gasteiger partial charge in [-0.15, -0.1) is 0 Å². The Hall–Kier alpha value is -0.580. The Morgan fingerprint density at radius 2 is 2.04 bits per heavy atom. The Morgan fingerprint density at radius 3 is 2.64 bits per heavy atom. The fraction of sp³-hybridized carbons (Fsp3) is 0.632. The van der Waals surface area contributed by atoms with Crippen LogP contribution in [-0.2, 0) is 10.2 Å². The molecular formula is C19H27Cl2NO2S. The molecule has 1 aromatic carbocycles. The average Bonchev–Trinajstić information content (AvgIpc) is 2.54. The molecule has 0 spiro atoms. The van der Waals surface area contributed by atoms with Crippen molar-refractivity contribution < 1.29 is 9.53 Å². The highest BCUT2D eigenvalue weighted by Crippen LogP contribution is 2.40. The van der Waals surface area contributed by atoms with Gasteiger partial charge in [-0.2, -0.15) is 11.8 Å². The lowest BCUT2D eigenvalue weighted by atomic mass is 9.72. The second-order valence-corrected chi connectivity index (χ2v) is 9.46. The maximum absolute atomic E-state index is 12.6. The highest BCUT2D eigenvalue weighted by atomic mass is 35.5. The number of benzene rings is 1. The van der Waals surface area contributed by atoms with Crippen molar-refractivity contribution in [3.63, 3.8) is 0 Å². The number of hydrogen-bond acceptors (Lipinski definition) is 3. The second-order valence-electron chi connectivity index (χ2n) is 7.66. The molecule has 1 aliphatic rings. The molecule has 25 heavy (non-hydrogen) atoms. The Labute approximate surface area is 165 Å². The predicted molar refractivity (Wildman–Crippen MR) is 108 cm³/mol. The molecule has 6 heteroatoms. The fourth-order valence-electron chi connectivity index (χ4n) is 3.32. The van der Waals surface area contributed by atoms with Crippen molar-refractivity contribution in [2.24, 2.45) is 0 Å². The molecule has 1 unspecified atom stereocenters. The molecule has 2 rings (SSSR count). The van der Waals surface area contributed by atoms with Crippen LogP contribution >= 0.6 is 35.0 Å². The third kappa shape index (κ3) is 5.45. The Bertz CT molecular complexity index is 618. The lowest BCUT2D eigenvalue weighted by Gasteiger charge is -2.43. The van der Waals surface area contributed by atoms with Crippen molar-refractivity contribution >= 4 is 41.1 Å². The van der Waals surface area contributed by atoms with Crippen LogP contribution in [0.25, 0.3) is 0 Å². The quantitative estimate of drug-likeness (QED) is 0.615. The van der Waals surface area contributed by atoms with Crippen molar-refractivity contribution in [1.29, 1.82) is 0 Å². The molecule has 3 nitrogen and oxygen atoms in total. The van der Waals surface area contributed by atoms with E-state index in [0.29, 0.717) is 16.6 Å². The summed E-state index contributed by atoms with van der Waals surface area (Å²) in [5, 5.41) is 1.13. The molecule has 0 bridgehead atoms. The highest BCUT2D eigenvalue weighted by Gasteiger charge is 2.39. The first-order valence-corrected chi connectivity index (χ1v) is 10.7. The van der Waals surface area contributed by atoms with Crippen LogP contribution < -0.4 is 0 Å². The van der Waals surface area contributed by atoms with Crippen LogP contribution in [0.15, 0.2) is 18.2 Å². The minimum Gasteiger partial charge on any atom is -0.444 e. The van der Waals surface area contributed by atoms with Gasteiger partial charge in [0.2, 0.25) is 0 Å². The standard InChI is InChI=1S/C19H27Cl2NO2S/c1-18(2,3)24-17(23)22-10-5-8-19(13-22,9-11-25-4)14-6-7-15(20)16(21)12-14/h6-7,12H,5,8-11,13H2,1-4H3. The zero-order valence-electron chi connectivity index (χ0n) is 15.4. The lowest BCUT2D eigenvalue weighted by molar-refractivity contribution is 0.0131. The topological polar surface area (TPSA) is 29.5 Å². The fourth-order valence-corrected chi connectivity index (χ4v) is 4.21. The molecule has 1 fully saturated rings. The van der Waals surface area contributed by atoms with Crippen LogP contribution in [0.2, 0.25) is 10.0 Å². The Morgan fingerprint density at radius 1 is 1.32 bits per heavy atom. The maximum atomic E-state index is 12.6. The van der Waals surface area contributed by atoms with Gasteiger partial charge in [-0.05, 0) is 69.7 Å². The summed E-state index contributed by atoms with van der Waals surface area (Å²) in [7, 11) is 0. The summed E-state index contributed by atoms with van der Waals surface area (Å²) in [4.78, 5) is 14.4. The molecule has 0 radical (unpaired) electrons. The number of piperidine rings is 1. The molecule has 140 valence electrons. The number of thioether (sulfide) groups is 1. The average molecular weight is 404 g/mol. The summed E-state index contributed by atoms with van der Waals surface area (Å²) in [6, 6.07) is 5.86. The first-order valence-electron chi connectivity index (χ1n) is 8.59. The number of amides is 1. The number of ether oxygens (including phenoxy) is 1. The van der Waals surface area contributed by atoms with Gasteiger partial charge in [-0.25, -0.2) is 4.79 Å². The zero-order chi connectivity index (χ0) is 18.7. The Balaban J connectivity index is 2.29. The summed E-state index contributed by atoms with van der Waals surface area (Å²) in [5.74, 6) is 1.03. The molecule has 1 saturated heterocycles. The van der Waals surface area contributed by atoms with E-state index in [1.807, 2.05) is 55.6 Å². The molecule has 0 N–H and O–H groups in total. The molecule has 1 amide bonds. The van der Waals surface area contributed by atoms with Crippen LogP contribution in [0.1, 0.15) is 45.6 Å². The van der Waals surface area contributed by atoms with E-state index in [2.05, 4.69) is 6.26 Å². The van der Waals surface area contributed by atoms with Gasteiger partial charge in [-0.3, -0.25) is 0 Å². The van der Waals surface area contributed by atoms with Crippen molar-refractivity contribution in [2.75, 3.05) is 25.1 Å². The molecule has 1 atom stereocenters. The maximum Gasteiger partial charge on any atom is 0.410 e. The molecule has 0 saturated carbocycles. The lowest BCUT2D eigenvalue weighted by Crippen LogP contribution is -2.50. The summed E-state index contributed by atoms with van der Waals surface area (Å²) in [5.41, 5.74) is 0.566. The third-order valence-corrected chi connectivity index (χ3v) is 5.90. The van der Waals surface area contributed by atoms with Gasteiger partial charge in [0.1, 0.15) is 5.60 Å². The first-order chi connectivity index (χ1) is 11.7. The molecule has 1 aromatic rings. The number of nitrogens with zero attached hydrogens (tertiary/aromatic N) is 1. The molecule has 1 aliphatic heterocycles. The minimum atomic E-state index is -0.486. The van der Waals surface area contributed by atoms with E-state index in [9.17, 15) is 4.79 Å². The highest BCUT2D eigenvalue weighted by molar-refractivity contribution is 7.98. The van der Waals surface area contributed by atoms with Gasteiger partial charge in [0.05, 0.1) is 10.0 Å². The van der Waals surface area contributed by atoms with Gasteiger partial charge in [-0.1, -0.05) is 29.3 Å². The predicted octanol–water partition coefficient (Wildman–Crippen LogP) is 6.02. The number of halogens is 2. The normalized spacial score (nSPS) is 21.3. The number of rotatable bonds is 4. The second kappa shape index (κ2) is 8.41. The van der Waals surface area contributed by atoms with E-state index in [0.717, 1.165) is 37.1 Å². The number of carbonyl (C=O) groups is 1. The number of likely N-dealkylation sites (tertiary alicyclic amines) is 1. The molecule has 1 heterocycles. The molecular weight excluding hydrogens is 377 g/mol. The van der Waals surface area contributed by atoms with Crippen molar-refractivity contribution in [3.8, 4) is 0 Å². The number of carbonyl (C=O) groups excluding carboxylic acids is 1. The van der Waals surface area contributed by atoms with Crippen LogP contribution in [0, 0.1) is 0 Å².